The molecule has 0 spiro atoms. The number of likely N-dealkylation sites (tertiary alicyclic amines) is 1. The van der Waals surface area contributed by atoms with Crippen molar-refractivity contribution in [1.29, 1.82) is 5.41 Å². The summed E-state index contributed by atoms with van der Waals surface area (Å²) >= 11 is 0. The number of halogens is 2. The zero-order valence-corrected chi connectivity index (χ0v) is 18.6. The van der Waals surface area contributed by atoms with Gasteiger partial charge in [0.05, 0.1) is 36.4 Å². The van der Waals surface area contributed by atoms with Crippen LogP contribution in [0.1, 0.15) is 41.4 Å². The van der Waals surface area contributed by atoms with Crippen molar-refractivity contribution in [3.05, 3.63) is 42.2 Å². The van der Waals surface area contributed by atoms with Crippen LogP contribution in [-0.4, -0.2) is 76.0 Å². The number of carbonyl (C=O) groups excluding carboxylic acids is 2. The molecule has 1 atom stereocenters. The number of amides is 2. The summed E-state index contributed by atoms with van der Waals surface area (Å²) in [7, 11) is 1.61. The van der Waals surface area contributed by atoms with E-state index >= 15 is 0 Å². The van der Waals surface area contributed by atoms with Crippen LogP contribution in [0.4, 0.5) is 20.2 Å². The van der Waals surface area contributed by atoms with Gasteiger partial charge in [-0.05, 0) is 32.0 Å². The fraction of sp³-hybridized carbons (Fsp3) is 0.455. The molecule has 1 aliphatic carbocycles. The van der Waals surface area contributed by atoms with Gasteiger partial charge in [0, 0.05) is 31.1 Å². The van der Waals surface area contributed by atoms with Gasteiger partial charge in [0.25, 0.3) is 17.7 Å². The van der Waals surface area contributed by atoms with E-state index in [-0.39, 0.29) is 18.8 Å². The number of aromatic nitrogens is 3. The monoisotopic (exact) mass is 472 g/mol. The van der Waals surface area contributed by atoms with Gasteiger partial charge in [-0.3, -0.25) is 15.0 Å². The zero-order valence-electron chi connectivity index (χ0n) is 18.6. The quantitative estimate of drug-likeness (QED) is 0.408. The lowest BCUT2D eigenvalue weighted by Gasteiger charge is -2.23. The first-order chi connectivity index (χ1) is 16.3. The number of carbonyl (C=O) groups is 2. The van der Waals surface area contributed by atoms with Crippen molar-refractivity contribution >= 4 is 28.9 Å². The minimum Gasteiger partial charge on any atom is -0.351 e. The highest BCUT2D eigenvalue weighted by atomic mass is 19.3. The summed E-state index contributed by atoms with van der Waals surface area (Å²) in [5.74, 6) is -4.08. The summed E-state index contributed by atoms with van der Waals surface area (Å²) in [5, 5.41) is 16.9. The molecule has 2 amide bonds. The molecular weight excluding hydrogens is 446 g/mol. The molecule has 3 heterocycles. The number of rotatable bonds is 9. The minimum atomic E-state index is -2.97. The Morgan fingerprint density at radius 1 is 1.26 bits per heavy atom. The molecule has 34 heavy (non-hydrogen) atoms. The molecule has 2 aliphatic rings. The fourth-order valence-corrected chi connectivity index (χ4v) is 3.76. The van der Waals surface area contributed by atoms with Gasteiger partial charge in [-0.2, -0.15) is 0 Å². The van der Waals surface area contributed by atoms with Crippen LogP contribution >= 0.6 is 0 Å². The average molecular weight is 473 g/mol. The maximum atomic E-state index is 13.6. The molecule has 1 unspecified atom stereocenters. The highest BCUT2D eigenvalue weighted by molar-refractivity contribution is 6.40. The van der Waals surface area contributed by atoms with Gasteiger partial charge in [-0.1, -0.05) is 0 Å². The van der Waals surface area contributed by atoms with E-state index < -0.39 is 42.5 Å². The van der Waals surface area contributed by atoms with E-state index in [1.54, 1.807) is 25.5 Å². The number of nitrogens with one attached hydrogen (secondary N) is 4. The molecule has 180 valence electrons. The number of hydrogen-bond donors (Lipinski definition) is 4. The number of alkyl halides is 2. The number of nitrogens with zero attached hydrogens (tertiary/aromatic N) is 4. The van der Waals surface area contributed by atoms with Crippen LogP contribution in [0, 0.1) is 5.41 Å². The number of pyridine rings is 1. The zero-order chi connectivity index (χ0) is 24.3. The van der Waals surface area contributed by atoms with Crippen LogP contribution in [0.3, 0.4) is 0 Å². The molecule has 10 nitrogen and oxygen atoms in total. The standard InChI is InChI=1S/C22H26F2N8O2/c1-26-10-17(18(25)21(34)32-7-6-22(23,24)11-32)31-20(33)19-16(29-14-8-27-12-28-9-14)5-4-15(30-19)13-2-3-13/h4-5,8-9,12-13,17,25-26,29H,2-3,6-7,10-11H2,1H3,(H,31,33). The highest BCUT2D eigenvalue weighted by Gasteiger charge is 2.42. The summed E-state index contributed by atoms with van der Waals surface area (Å²) in [6.45, 7) is -0.794. The van der Waals surface area contributed by atoms with E-state index in [0.29, 0.717) is 17.3 Å². The van der Waals surface area contributed by atoms with Gasteiger partial charge in [0.15, 0.2) is 5.69 Å². The van der Waals surface area contributed by atoms with Crippen LogP contribution in [0.15, 0.2) is 30.9 Å². The van der Waals surface area contributed by atoms with Crippen LogP contribution in [0.5, 0.6) is 0 Å². The summed E-state index contributed by atoms with van der Waals surface area (Å²) in [4.78, 5) is 39.3. The summed E-state index contributed by atoms with van der Waals surface area (Å²) in [6.07, 6.45) is 6.03. The maximum Gasteiger partial charge on any atom is 0.272 e. The second-order valence-corrected chi connectivity index (χ2v) is 8.49. The maximum absolute atomic E-state index is 13.6. The van der Waals surface area contributed by atoms with Gasteiger partial charge >= 0.3 is 0 Å². The van der Waals surface area contributed by atoms with E-state index in [2.05, 4.69) is 30.9 Å². The Hall–Kier alpha value is -3.54. The Morgan fingerprint density at radius 2 is 2.00 bits per heavy atom. The van der Waals surface area contributed by atoms with Gasteiger partial charge in [-0.15, -0.1) is 0 Å². The van der Waals surface area contributed by atoms with Crippen LogP contribution in [-0.2, 0) is 4.79 Å². The third-order valence-corrected chi connectivity index (χ3v) is 5.72. The summed E-state index contributed by atoms with van der Waals surface area (Å²) in [6, 6.07) is 2.57. The Morgan fingerprint density at radius 3 is 2.62 bits per heavy atom. The Balaban J connectivity index is 1.54. The number of likely N-dealkylation sites (N-methyl/N-ethyl adjacent to an activating group) is 1. The lowest BCUT2D eigenvalue weighted by Crippen LogP contribution is -2.52. The lowest BCUT2D eigenvalue weighted by atomic mass is 10.1. The third kappa shape index (κ3) is 5.50. The first-order valence-electron chi connectivity index (χ1n) is 11.0. The molecule has 1 aliphatic heterocycles. The van der Waals surface area contributed by atoms with Crippen molar-refractivity contribution in [2.75, 3.05) is 32.0 Å². The van der Waals surface area contributed by atoms with E-state index in [4.69, 9.17) is 5.41 Å². The van der Waals surface area contributed by atoms with Crippen molar-refractivity contribution in [2.45, 2.75) is 37.1 Å². The molecule has 1 saturated heterocycles. The van der Waals surface area contributed by atoms with Gasteiger partial charge in [0.2, 0.25) is 0 Å². The van der Waals surface area contributed by atoms with Crippen LogP contribution < -0.4 is 16.0 Å². The molecule has 2 aromatic rings. The number of hydrogen-bond acceptors (Lipinski definition) is 8. The molecule has 0 bridgehead atoms. The SMILES string of the molecule is CNCC(NC(=O)c1nc(C2CC2)ccc1Nc1cncnc1)C(=N)C(=O)N1CCC(F)(F)C1. The second-order valence-electron chi connectivity index (χ2n) is 8.49. The lowest BCUT2D eigenvalue weighted by molar-refractivity contribution is -0.124. The van der Waals surface area contributed by atoms with Crippen LogP contribution in [0.25, 0.3) is 0 Å². The topological polar surface area (TPSA) is 136 Å². The normalized spacial score (nSPS) is 17.8. The molecule has 0 aromatic carbocycles. The fourth-order valence-electron chi connectivity index (χ4n) is 3.76. The highest BCUT2D eigenvalue weighted by Crippen LogP contribution is 2.39. The van der Waals surface area contributed by atoms with Crippen molar-refractivity contribution in [2.24, 2.45) is 0 Å². The van der Waals surface area contributed by atoms with Gasteiger partial charge in [-0.25, -0.2) is 23.7 Å². The molecule has 4 rings (SSSR count). The van der Waals surface area contributed by atoms with E-state index in [1.165, 1.54) is 6.33 Å². The molecule has 2 aromatic heterocycles. The molecule has 12 heteroatoms. The third-order valence-electron chi connectivity index (χ3n) is 5.72. The second kappa shape index (κ2) is 9.75. The summed E-state index contributed by atoms with van der Waals surface area (Å²) < 4.78 is 27.1. The molecule has 0 radical (unpaired) electrons. The predicted octanol–water partition coefficient (Wildman–Crippen LogP) is 1.70. The Bertz CT molecular complexity index is 1080. The first-order valence-corrected chi connectivity index (χ1v) is 11.0. The van der Waals surface area contributed by atoms with E-state index in [9.17, 15) is 18.4 Å². The van der Waals surface area contributed by atoms with Crippen molar-refractivity contribution in [1.82, 2.24) is 30.5 Å². The molecule has 2 fully saturated rings. The molecular formula is C22H26F2N8O2. The smallest absolute Gasteiger partial charge is 0.272 e. The van der Waals surface area contributed by atoms with Gasteiger partial charge in [0.1, 0.15) is 12.0 Å². The largest absolute Gasteiger partial charge is 0.351 e. The molecule has 4 N–H and O–H groups in total. The minimum absolute atomic E-state index is 0.0676. The summed E-state index contributed by atoms with van der Waals surface area (Å²) in [5.41, 5.74) is 1.39. The molecule has 1 saturated carbocycles. The Kier molecular flexibility index (Phi) is 6.77. The van der Waals surface area contributed by atoms with E-state index in [0.717, 1.165) is 23.4 Å². The Labute approximate surface area is 195 Å². The predicted molar refractivity (Wildman–Crippen MR) is 121 cm³/mol. The van der Waals surface area contributed by atoms with Gasteiger partial charge < -0.3 is 20.9 Å². The van der Waals surface area contributed by atoms with Crippen molar-refractivity contribution < 1.29 is 18.4 Å². The van der Waals surface area contributed by atoms with Crippen LogP contribution in [0.2, 0.25) is 0 Å². The van der Waals surface area contributed by atoms with Crippen molar-refractivity contribution in [3.63, 3.8) is 0 Å². The average Bonchev–Trinajstić information content (AvgIpc) is 3.61. The number of anilines is 2. The van der Waals surface area contributed by atoms with Crippen molar-refractivity contribution in [3.8, 4) is 0 Å². The van der Waals surface area contributed by atoms with E-state index in [1.807, 2.05) is 6.07 Å². The first kappa shape index (κ1) is 23.6.